The molecule has 0 saturated heterocycles. The second-order valence-electron chi connectivity index (χ2n) is 6.80. The molecule has 0 amide bonds. The molecule has 2 aromatic carbocycles. The average Bonchev–Trinajstić information content (AvgIpc) is 2.54. The second-order valence-corrected chi connectivity index (χ2v) is 6.80. The van der Waals surface area contributed by atoms with Crippen molar-refractivity contribution in [3.63, 3.8) is 0 Å². The number of nitrogens with zero attached hydrogens (tertiary/aromatic N) is 3. The molecule has 0 atom stereocenters. The van der Waals surface area contributed by atoms with Crippen molar-refractivity contribution in [2.45, 2.75) is 0 Å². The van der Waals surface area contributed by atoms with Gasteiger partial charge in [-0.25, -0.2) is 0 Å². The Bertz CT molecular complexity index is 496. The predicted molar refractivity (Wildman–Crippen MR) is 114 cm³/mol. The highest BCUT2D eigenvalue weighted by Crippen LogP contribution is 2.06. The minimum atomic E-state index is 1.03. The van der Waals surface area contributed by atoms with Gasteiger partial charge < -0.3 is 4.90 Å². The smallest absolute Gasteiger partial charge is 0.0495 e. The van der Waals surface area contributed by atoms with Crippen LogP contribution in [0.2, 0.25) is 0 Å². The first-order valence-electron chi connectivity index (χ1n) is 8.50. The third-order valence-electron chi connectivity index (χ3n) is 2.63. The van der Waals surface area contributed by atoms with Crippen molar-refractivity contribution in [3.8, 4) is 0 Å². The molecular weight excluding hydrogens is 306 g/mol. The Morgan fingerprint density at radius 3 is 1.04 bits per heavy atom. The molecule has 0 fully saturated rings. The van der Waals surface area contributed by atoms with E-state index in [1.807, 2.05) is 62.4 Å². The topological polar surface area (TPSA) is 9.72 Å². The van der Waals surface area contributed by atoms with Crippen LogP contribution in [0.3, 0.4) is 0 Å². The number of benzene rings is 2. The maximum Gasteiger partial charge on any atom is 0.0495 e. The zero-order valence-corrected chi connectivity index (χ0v) is 17.0. The van der Waals surface area contributed by atoms with E-state index in [-0.39, 0.29) is 0 Å². The SMILES string of the molecule is C(=Cc1ccccc1)c1ccccc1.CN(C)C.CN(C)CN(C)C. The first kappa shape index (κ1) is 23.1. The standard InChI is InChI=1S/C14H12.C5H14N2.C3H9N/c1-3-7-13(8-4-1)11-12-14-9-5-2-6-10-14;1-6(2)5-7(3)4;1-4(2)3/h1-12H;5H2,1-4H3;1-3H3. The summed E-state index contributed by atoms with van der Waals surface area (Å²) in [7, 11) is 14.2. The van der Waals surface area contributed by atoms with Crippen LogP contribution in [0.5, 0.6) is 0 Å². The van der Waals surface area contributed by atoms with E-state index in [4.69, 9.17) is 0 Å². The van der Waals surface area contributed by atoms with E-state index in [2.05, 4.69) is 74.4 Å². The molecule has 0 unspecified atom stereocenters. The van der Waals surface area contributed by atoms with Crippen molar-refractivity contribution >= 4 is 12.2 Å². The lowest BCUT2D eigenvalue weighted by Crippen LogP contribution is -2.26. The van der Waals surface area contributed by atoms with Crippen LogP contribution in [0.25, 0.3) is 12.2 Å². The summed E-state index contributed by atoms with van der Waals surface area (Å²) in [6.07, 6.45) is 4.24. The van der Waals surface area contributed by atoms with E-state index in [0.29, 0.717) is 0 Å². The van der Waals surface area contributed by atoms with Crippen LogP contribution >= 0.6 is 0 Å². The van der Waals surface area contributed by atoms with E-state index in [1.165, 1.54) is 11.1 Å². The van der Waals surface area contributed by atoms with Gasteiger partial charge in [-0.1, -0.05) is 72.8 Å². The lowest BCUT2D eigenvalue weighted by atomic mass is 10.1. The lowest BCUT2D eigenvalue weighted by Gasteiger charge is -2.14. The Hall–Kier alpha value is -1.94. The van der Waals surface area contributed by atoms with Crippen LogP contribution in [-0.4, -0.2) is 70.7 Å². The van der Waals surface area contributed by atoms with E-state index in [1.54, 1.807) is 0 Å². The quantitative estimate of drug-likeness (QED) is 0.612. The van der Waals surface area contributed by atoms with Gasteiger partial charge in [0.15, 0.2) is 0 Å². The van der Waals surface area contributed by atoms with Crippen LogP contribution in [0.1, 0.15) is 11.1 Å². The highest BCUT2D eigenvalue weighted by atomic mass is 15.2. The first-order chi connectivity index (χ1) is 11.8. The maximum atomic E-state index is 2.12. The highest BCUT2D eigenvalue weighted by molar-refractivity contribution is 5.69. The normalized spacial score (nSPS) is 10.5. The number of rotatable bonds is 4. The summed E-state index contributed by atoms with van der Waals surface area (Å²) in [5, 5.41) is 0. The third kappa shape index (κ3) is 16.7. The summed E-state index contributed by atoms with van der Waals surface area (Å²) in [5.74, 6) is 0. The Balaban J connectivity index is 0.000000442. The van der Waals surface area contributed by atoms with E-state index in [0.717, 1.165) is 6.67 Å². The molecule has 0 aliphatic heterocycles. The zero-order valence-electron chi connectivity index (χ0n) is 17.0. The molecule has 25 heavy (non-hydrogen) atoms. The molecule has 0 aromatic heterocycles. The summed E-state index contributed by atoms with van der Waals surface area (Å²) in [4.78, 5) is 6.25. The molecular formula is C22H35N3. The van der Waals surface area contributed by atoms with Crippen molar-refractivity contribution < 1.29 is 0 Å². The Morgan fingerprint density at radius 2 is 0.840 bits per heavy atom. The molecule has 138 valence electrons. The molecule has 0 spiro atoms. The molecule has 0 heterocycles. The molecule has 0 radical (unpaired) electrons. The Kier molecular flexibility index (Phi) is 13.3. The van der Waals surface area contributed by atoms with Crippen LogP contribution in [0.4, 0.5) is 0 Å². The molecule has 3 nitrogen and oxygen atoms in total. The molecule has 3 heteroatoms. The lowest BCUT2D eigenvalue weighted by molar-refractivity contribution is 0.245. The molecule has 0 aliphatic rings. The summed E-state index contributed by atoms with van der Waals surface area (Å²) in [6.45, 7) is 1.03. The monoisotopic (exact) mass is 341 g/mol. The Labute approximate surface area is 155 Å². The van der Waals surface area contributed by atoms with Crippen LogP contribution in [0, 0.1) is 0 Å². The summed E-state index contributed by atoms with van der Waals surface area (Å²) in [6, 6.07) is 20.6. The van der Waals surface area contributed by atoms with Crippen molar-refractivity contribution in [1.82, 2.24) is 14.7 Å². The van der Waals surface area contributed by atoms with Gasteiger partial charge in [0.25, 0.3) is 0 Å². The molecule has 2 rings (SSSR count). The fourth-order valence-electron chi connectivity index (χ4n) is 1.89. The van der Waals surface area contributed by atoms with Crippen LogP contribution < -0.4 is 0 Å². The van der Waals surface area contributed by atoms with Crippen LogP contribution in [0.15, 0.2) is 60.7 Å². The fraction of sp³-hybridized carbons (Fsp3) is 0.364. The summed E-state index contributed by atoms with van der Waals surface area (Å²) >= 11 is 0. The number of hydrogen-bond donors (Lipinski definition) is 0. The third-order valence-corrected chi connectivity index (χ3v) is 2.63. The van der Waals surface area contributed by atoms with Crippen molar-refractivity contribution in [2.24, 2.45) is 0 Å². The van der Waals surface area contributed by atoms with Gasteiger partial charge in [-0.2, -0.15) is 0 Å². The van der Waals surface area contributed by atoms with Gasteiger partial charge >= 0.3 is 0 Å². The predicted octanol–water partition coefficient (Wildman–Crippen LogP) is 4.10. The molecule has 0 aliphatic carbocycles. The van der Waals surface area contributed by atoms with E-state index >= 15 is 0 Å². The van der Waals surface area contributed by atoms with Crippen LogP contribution in [-0.2, 0) is 0 Å². The van der Waals surface area contributed by atoms with Gasteiger partial charge in [-0.3, -0.25) is 9.80 Å². The summed E-state index contributed by atoms with van der Waals surface area (Å²) in [5.41, 5.74) is 2.47. The maximum absolute atomic E-state index is 2.12. The van der Waals surface area contributed by atoms with Gasteiger partial charge in [0, 0.05) is 6.67 Å². The van der Waals surface area contributed by atoms with Gasteiger partial charge in [-0.05, 0) is 60.5 Å². The Morgan fingerprint density at radius 1 is 0.560 bits per heavy atom. The van der Waals surface area contributed by atoms with Gasteiger partial charge in [0.2, 0.25) is 0 Å². The van der Waals surface area contributed by atoms with E-state index in [9.17, 15) is 0 Å². The van der Waals surface area contributed by atoms with Gasteiger partial charge in [-0.15, -0.1) is 0 Å². The van der Waals surface area contributed by atoms with Crippen molar-refractivity contribution in [2.75, 3.05) is 56.0 Å². The highest BCUT2D eigenvalue weighted by Gasteiger charge is 1.87. The van der Waals surface area contributed by atoms with E-state index < -0.39 is 0 Å². The molecule has 0 saturated carbocycles. The minimum Gasteiger partial charge on any atom is -0.312 e. The van der Waals surface area contributed by atoms with Gasteiger partial charge in [0.05, 0.1) is 0 Å². The molecule has 0 N–H and O–H groups in total. The average molecular weight is 342 g/mol. The largest absolute Gasteiger partial charge is 0.312 e. The van der Waals surface area contributed by atoms with Gasteiger partial charge in [0.1, 0.15) is 0 Å². The molecule has 2 aromatic rings. The fourth-order valence-corrected chi connectivity index (χ4v) is 1.89. The van der Waals surface area contributed by atoms with Crippen molar-refractivity contribution in [3.05, 3.63) is 71.8 Å². The second kappa shape index (κ2) is 14.4. The first-order valence-corrected chi connectivity index (χ1v) is 8.50. The molecule has 0 bridgehead atoms. The minimum absolute atomic E-state index is 1.03. The zero-order chi connectivity index (χ0) is 19.1. The summed E-state index contributed by atoms with van der Waals surface area (Å²) < 4.78 is 0. The van der Waals surface area contributed by atoms with Crippen molar-refractivity contribution in [1.29, 1.82) is 0 Å². The number of hydrogen-bond acceptors (Lipinski definition) is 3.